The lowest BCUT2D eigenvalue weighted by Gasteiger charge is -2.22. The zero-order valence-electron chi connectivity index (χ0n) is 11.4. The van der Waals surface area contributed by atoms with Crippen LogP contribution in [0.1, 0.15) is 20.3 Å². The van der Waals surface area contributed by atoms with Crippen LogP contribution in [-0.2, 0) is 0 Å². The number of benzene rings is 1. The first-order chi connectivity index (χ1) is 8.93. The molecule has 0 radical (unpaired) electrons. The van der Waals surface area contributed by atoms with Gasteiger partial charge in [-0.2, -0.15) is 0 Å². The van der Waals surface area contributed by atoms with Crippen LogP contribution in [0.25, 0.3) is 0 Å². The summed E-state index contributed by atoms with van der Waals surface area (Å²) in [6, 6.07) is 7.48. The maximum absolute atomic E-state index is 9.79. The normalized spacial score (nSPS) is 15.8. The summed E-state index contributed by atoms with van der Waals surface area (Å²) >= 11 is 3.36. The number of halogens is 1. The Hall–Kier alpha value is -0.620. The van der Waals surface area contributed by atoms with Gasteiger partial charge in [0, 0.05) is 17.6 Å². The fourth-order valence-corrected chi connectivity index (χ4v) is 1.82. The average Bonchev–Trinajstić information content (AvgIpc) is 2.36. The molecular formula is C14H22BrNO3. The Labute approximate surface area is 122 Å². The number of hydrogen-bond donors (Lipinski definition) is 3. The van der Waals surface area contributed by atoms with E-state index in [0.717, 1.165) is 4.47 Å². The van der Waals surface area contributed by atoms with Gasteiger partial charge < -0.3 is 20.3 Å². The molecular weight excluding hydrogens is 310 g/mol. The minimum absolute atomic E-state index is 0.220. The molecule has 0 saturated carbocycles. The Kier molecular flexibility index (Phi) is 6.79. The van der Waals surface area contributed by atoms with Gasteiger partial charge in [0.1, 0.15) is 18.5 Å². The molecule has 1 aromatic rings. The van der Waals surface area contributed by atoms with Crippen LogP contribution in [0.15, 0.2) is 28.7 Å². The van der Waals surface area contributed by atoms with E-state index in [1.165, 1.54) is 0 Å². The number of rotatable bonds is 8. The first kappa shape index (κ1) is 16.4. The molecule has 0 saturated heterocycles. The third-order valence-electron chi connectivity index (χ3n) is 2.89. The molecule has 108 valence electrons. The second-order valence-electron chi connectivity index (χ2n) is 4.90. The predicted octanol–water partition coefficient (Wildman–Crippen LogP) is 1.94. The maximum atomic E-state index is 9.79. The third-order valence-corrected chi connectivity index (χ3v) is 3.38. The summed E-state index contributed by atoms with van der Waals surface area (Å²) in [7, 11) is 0. The summed E-state index contributed by atoms with van der Waals surface area (Å²) in [4.78, 5) is 0. The van der Waals surface area contributed by atoms with Crippen molar-refractivity contribution in [2.24, 2.45) is 0 Å². The van der Waals surface area contributed by atoms with Gasteiger partial charge >= 0.3 is 0 Å². The summed E-state index contributed by atoms with van der Waals surface area (Å²) in [5, 5.41) is 22.6. The maximum Gasteiger partial charge on any atom is 0.120 e. The fraction of sp³-hybridized carbons (Fsp3) is 0.571. The van der Waals surface area contributed by atoms with Crippen molar-refractivity contribution >= 4 is 15.9 Å². The zero-order chi connectivity index (χ0) is 14.3. The lowest BCUT2D eigenvalue weighted by Crippen LogP contribution is -2.41. The quantitative estimate of drug-likeness (QED) is 0.681. The first-order valence-electron chi connectivity index (χ1n) is 6.42. The van der Waals surface area contributed by atoms with Crippen molar-refractivity contribution in [2.75, 3.05) is 19.7 Å². The van der Waals surface area contributed by atoms with Gasteiger partial charge in [0.25, 0.3) is 0 Å². The van der Waals surface area contributed by atoms with Crippen LogP contribution in [0.5, 0.6) is 5.75 Å². The van der Waals surface area contributed by atoms with Gasteiger partial charge in [0.05, 0.1) is 5.60 Å². The van der Waals surface area contributed by atoms with Gasteiger partial charge in [-0.15, -0.1) is 0 Å². The van der Waals surface area contributed by atoms with Crippen molar-refractivity contribution in [3.63, 3.8) is 0 Å². The van der Waals surface area contributed by atoms with Crippen molar-refractivity contribution in [2.45, 2.75) is 32.0 Å². The van der Waals surface area contributed by atoms with Crippen LogP contribution in [0.2, 0.25) is 0 Å². The van der Waals surface area contributed by atoms with E-state index < -0.39 is 11.7 Å². The molecule has 3 N–H and O–H groups in total. The Morgan fingerprint density at radius 3 is 2.84 bits per heavy atom. The molecule has 0 aliphatic heterocycles. The monoisotopic (exact) mass is 331 g/mol. The molecule has 0 aliphatic rings. The van der Waals surface area contributed by atoms with Gasteiger partial charge in [-0.3, -0.25) is 0 Å². The summed E-state index contributed by atoms with van der Waals surface area (Å²) in [5.74, 6) is 0.717. The lowest BCUT2D eigenvalue weighted by atomic mass is 10.0. The molecule has 0 aromatic heterocycles. The highest BCUT2D eigenvalue weighted by Crippen LogP contribution is 2.17. The van der Waals surface area contributed by atoms with Crippen LogP contribution in [-0.4, -0.2) is 41.6 Å². The summed E-state index contributed by atoms with van der Waals surface area (Å²) in [6.07, 6.45) is 0.0663. The topological polar surface area (TPSA) is 61.7 Å². The molecule has 0 heterocycles. The minimum Gasteiger partial charge on any atom is -0.491 e. The largest absolute Gasteiger partial charge is 0.491 e. The number of aliphatic hydroxyl groups is 2. The van der Waals surface area contributed by atoms with E-state index >= 15 is 0 Å². The molecule has 0 fully saturated rings. The van der Waals surface area contributed by atoms with E-state index in [-0.39, 0.29) is 6.61 Å². The highest BCUT2D eigenvalue weighted by molar-refractivity contribution is 9.10. The van der Waals surface area contributed by atoms with E-state index in [1.54, 1.807) is 6.92 Å². The van der Waals surface area contributed by atoms with Gasteiger partial charge in [-0.05, 0) is 31.5 Å². The SMILES string of the molecule is CCC(C)(O)CNCC(O)COc1cccc(Br)c1. The zero-order valence-corrected chi connectivity index (χ0v) is 13.0. The Balaban J connectivity index is 2.23. The van der Waals surface area contributed by atoms with E-state index in [2.05, 4.69) is 21.2 Å². The molecule has 0 aliphatic carbocycles. The van der Waals surface area contributed by atoms with Crippen LogP contribution in [0, 0.1) is 0 Å². The second-order valence-corrected chi connectivity index (χ2v) is 5.82. The summed E-state index contributed by atoms with van der Waals surface area (Å²) in [5.41, 5.74) is -0.731. The molecule has 1 aromatic carbocycles. The van der Waals surface area contributed by atoms with E-state index in [9.17, 15) is 10.2 Å². The van der Waals surface area contributed by atoms with Crippen LogP contribution < -0.4 is 10.1 Å². The highest BCUT2D eigenvalue weighted by atomic mass is 79.9. The van der Waals surface area contributed by atoms with Crippen molar-refractivity contribution in [3.05, 3.63) is 28.7 Å². The number of ether oxygens (including phenoxy) is 1. The van der Waals surface area contributed by atoms with Crippen molar-refractivity contribution in [3.8, 4) is 5.75 Å². The van der Waals surface area contributed by atoms with Gasteiger partial charge in [0.2, 0.25) is 0 Å². The van der Waals surface area contributed by atoms with Crippen LogP contribution >= 0.6 is 15.9 Å². The number of aliphatic hydroxyl groups excluding tert-OH is 1. The van der Waals surface area contributed by atoms with Crippen molar-refractivity contribution in [1.29, 1.82) is 0 Å². The molecule has 5 heteroatoms. The molecule has 2 unspecified atom stereocenters. The van der Waals surface area contributed by atoms with Crippen LogP contribution in [0.4, 0.5) is 0 Å². The standard InChI is InChI=1S/C14H22BrNO3/c1-3-14(2,18)10-16-8-12(17)9-19-13-6-4-5-11(15)7-13/h4-7,12,16-18H,3,8-10H2,1-2H3. The Morgan fingerprint density at radius 2 is 2.21 bits per heavy atom. The molecule has 2 atom stereocenters. The fourth-order valence-electron chi connectivity index (χ4n) is 1.44. The van der Waals surface area contributed by atoms with E-state index in [1.807, 2.05) is 31.2 Å². The molecule has 19 heavy (non-hydrogen) atoms. The van der Waals surface area contributed by atoms with Gasteiger partial charge in [-0.1, -0.05) is 28.9 Å². The number of hydrogen-bond acceptors (Lipinski definition) is 4. The van der Waals surface area contributed by atoms with E-state index in [0.29, 0.717) is 25.3 Å². The first-order valence-corrected chi connectivity index (χ1v) is 7.22. The summed E-state index contributed by atoms with van der Waals surface area (Å²) < 4.78 is 6.42. The van der Waals surface area contributed by atoms with Crippen molar-refractivity contribution in [1.82, 2.24) is 5.32 Å². The van der Waals surface area contributed by atoms with Crippen LogP contribution in [0.3, 0.4) is 0 Å². The Bertz CT molecular complexity index is 385. The Morgan fingerprint density at radius 1 is 1.47 bits per heavy atom. The molecule has 0 amide bonds. The predicted molar refractivity (Wildman–Crippen MR) is 79.4 cm³/mol. The van der Waals surface area contributed by atoms with E-state index in [4.69, 9.17) is 4.74 Å². The highest BCUT2D eigenvalue weighted by Gasteiger charge is 2.17. The molecule has 0 spiro atoms. The second kappa shape index (κ2) is 7.85. The third kappa shape index (κ3) is 6.92. The smallest absolute Gasteiger partial charge is 0.120 e. The average molecular weight is 332 g/mol. The van der Waals surface area contributed by atoms with Gasteiger partial charge in [0.15, 0.2) is 0 Å². The van der Waals surface area contributed by atoms with Gasteiger partial charge in [-0.25, -0.2) is 0 Å². The number of nitrogens with one attached hydrogen (secondary N) is 1. The molecule has 4 nitrogen and oxygen atoms in total. The molecule has 1 rings (SSSR count). The minimum atomic E-state index is -0.731. The lowest BCUT2D eigenvalue weighted by molar-refractivity contribution is 0.0476. The molecule has 0 bridgehead atoms. The van der Waals surface area contributed by atoms with Crippen molar-refractivity contribution < 1.29 is 14.9 Å². The summed E-state index contributed by atoms with van der Waals surface area (Å²) in [6.45, 7) is 4.76.